The summed E-state index contributed by atoms with van der Waals surface area (Å²) in [7, 11) is 0. The van der Waals surface area contributed by atoms with Crippen LogP contribution in [0.15, 0.2) is 12.7 Å². The lowest BCUT2D eigenvalue weighted by molar-refractivity contribution is -0.155. The van der Waals surface area contributed by atoms with E-state index in [1.165, 1.54) is 0 Å². The Kier molecular flexibility index (Phi) is 6.54. The van der Waals surface area contributed by atoms with Gasteiger partial charge in [0.2, 0.25) is 5.91 Å². The fourth-order valence-electron chi connectivity index (χ4n) is 1.26. The Labute approximate surface area is 103 Å². The van der Waals surface area contributed by atoms with E-state index in [1.54, 1.807) is 26.8 Å². The molecule has 1 N–H and O–H groups in total. The zero-order valence-corrected chi connectivity index (χ0v) is 11.2. The first-order chi connectivity index (χ1) is 7.74. The van der Waals surface area contributed by atoms with E-state index >= 15 is 0 Å². The number of nitrogens with one attached hydrogen (secondary N) is 1. The second-order valence-corrected chi connectivity index (χ2v) is 5.08. The summed E-state index contributed by atoms with van der Waals surface area (Å²) < 4.78 is 5.11. The van der Waals surface area contributed by atoms with Gasteiger partial charge in [-0.1, -0.05) is 6.08 Å². The predicted octanol–water partition coefficient (Wildman–Crippen LogP) is 2.19. The van der Waals surface area contributed by atoms with Crippen LogP contribution in [0.5, 0.6) is 0 Å². The molecule has 4 heteroatoms. The SMILES string of the molecule is C=CCC(C)NC(=O)CCC(=O)OC(C)(C)C. The molecule has 0 aromatic heterocycles. The van der Waals surface area contributed by atoms with Crippen molar-refractivity contribution < 1.29 is 14.3 Å². The number of hydrogen-bond acceptors (Lipinski definition) is 3. The van der Waals surface area contributed by atoms with E-state index in [-0.39, 0.29) is 30.8 Å². The van der Waals surface area contributed by atoms with Gasteiger partial charge in [-0.15, -0.1) is 6.58 Å². The Hall–Kier alpha value is -1.32. The normalized spacial score (nSPS) is 12.7. The number of carbonyl (C=O) groups is 2. The van der Waals surface area contributed by atoms with Crippen molar-refractivity contribution >= 4 is 11.9 Å². The minimum Gasteiger partial charge on any atom is -0.460 e. The smallest absolute Gasteiger partial charge is 0.306 e. The average Bonchev–Trinajstić information content (AvgIpc) is 2.12. The number of carbonyl (C=O) groups excluding carboxylic acids is 2. The molecule has 4 nitrogen and oxygen atoms in total. The topological polar surface area (TPSA) is 55.4 Å². The van der Waals surface area contributed by atoms with Crippen molar-refractivity contribution in [2.75, 3.05) is 0 Å². The molecular weight excluding hydrogens is 218 g/mol. The van der Waals surface area contributed by atoms with E-state index in [0.29, 0.717) is 0 Å². The van der Waals surface area contributed by atoms with Gasteiger partial charge in [0.15, 0.2) is 0 Å². The molecule has 0 aliphatic rings. The van der Waals surface area contributed by atoms with Gasteiger partial charge >= 0.3 is 5.97 Å². The van der Waals surface area contributed by atoms with E-state index in [2.05, 4.69) is 11.9 Å². The van der Waals surface area contributed by atoms with Crippen LogP contribution in [0.3, 0.4) is 0 Å². The summed E-state index contributed by atoms with van der Waals surface area (Å²) in [6, 6.07) is 0.0543. The molecule has 0 saturated heterocycles. The number of amides is 1. The molecule has 0 spiro atoms. The Balaban J connectivity index is 3.84. The first-order valence-electron chi connectivity index (χ1n) is 5.86. The molecule has 0 aromatic rings. The number of rotatable bonds is 6. The van der Waals surface area contributed by atoms with Crippen LogP contribution in [0.1, 0.15) is 47.0 Å². The van der Waals surface area contributed by atoms with Gasteiger partial charge in [0, 0.05) is 12.5 Å². The molecule has 0 bridgehead atoms. The highest BCUT2D eigenvalue weighted by molar-refractivity contribution is 5.81. The van der Waals surface area contributed by atoms with E-state index < -0.39 is 5.60 Å². The highest BCUT2D eigenvalue weighted by Crippen LogP contribution is 2.09. The van der Waals surface area contributed by atoms with Crippen LogP contribution in [-0.4, -0.2) is 23.5 Å². The van der Waals surface area contributed by atoms with Crippen molar-refractivity contribution in [2.45, 2.75) is 58.6 Å². The minimum atomic E-state index is -0.496. The first-order valence-corrected chi connectivity index (χ1v) is 5.86. The van der Waals surface area contributed by atoms with Gasteiger partial charge in [-0.25, -0.2) is 0 Å². The molecule has 98 valence electrons. The maximum atomic E-state index is 11.4. The molecule has 0 fully saturated rings. The van der Waals surface area contributed by atoms with Crippen molar-refractivity contribution in [3.8, 4) is 0 Å². The third-order valence-electron chi connectivity index (χ3n) is 1.90. The zero-order valence-electron chi connectivity index (χ0n) is 11.2. The number of esters is 1. The van der Waals surface area contributed by atoms with Gasteiger partial charge in [-0.05, 0) is 34.1 Å². The number of hydrogen-bond donors (Lipinski definition) is 1. The van der Waals surface area contributed by atoms with Crippen molar-refractivity contribution in [3.63, 3.8) is 0 Å². The van der Waals surface area contributed by atoms with Gasteiger partial charge in [0.1, 0.15) is 5.60 Å². The third-order valence-corrected chi connectivity index (χ3v) is 1.90. The summed E-state index contributed by atoms with van der Waals surface area (Å²) in [6.07, 6.45) is 2.75. The standard InChI is InChI=1S/C13H23NO3/c1-6-7-10(2)14-11(15)8-9-12(16)17-13(3,4)5/h6,10H,1,7-9H2,2-5H3,(H,14,15). The van der Waals surface area contributed by atoms with Crippen molar-refractivity contribution in [1.82, 2.24) is 5.32 Å². The lowest BCUT2D eigenvalue weighted by Gasteiger charge is -2.19. The van der Waals surface area contributed by atoms with Crippen LogP contribution in [-0.2, 0) is 14.3 Å². The fourth-order valence-corrected chi connectivity index (χ4v) is 1.26. The highest BCUT2D eigenvalue weighted by Gasteiger charge is 2.17. The summed E-state index contributed by atoms with van der Waals surface area (Å²) in [5.74, 6) is -0.478. The van der Waals surface area contributed by atoms with Crippen LogP contribution >= 0.6 is 0 Å². The fraction of sp³-hybridized carbons (Fsp3) is 0.692. The molecule has 0 aliphatic heterocycles. The summed E-state index contributed by atoms with van der Waals surface area (Å²) in [4.78, 5) is 22.8. The summed E-state index contributed by atoms with van der Waals surface area (Å²) in [5, 5.41) is 2.78. The second-order valence-electron chi connectivity index (χ2n) is 5.08. The first kappa shape index (κ1) is 15.7. The maximum Gasteiger partial charge on any atom is 0.306 e. The molecule has 0 radical (unpaired) electrons. The lowest BCUT2D eigenvalue weighted by atomic mass is 10.2. The molecule has 1 amide bonds. The summed E-state index contributed by atoms with van der Waals surface area (Å²) in [6.45, 7) is 10.9. The Bertz CT molecular complexity index is 279. The Morgan fingerprint density at radius 1 is 1.35 bits per heavy atom. The van der Waals surface area contributed by atoms with E-state index in [1.807, 2.05) is 6.92 Å². The monoisotopic (exact) mass is 241 g/mol. The Morgan fingerprint density at radius 2 is 1.94 bits per heavy atom. The summed E-state index contributed by atoms with van der Waals surface area (Å²) in [5.41, 5.74) is -0.496. The predicted molar refractivity (Wildman–Crippen MR) is 67.5 cm³/mol. The van der Waals surface area contributed by atoms with Crippen LogP contribution in [0.4, 0.5) is 0 Å². The van der Waals surface area contributed by atoms with Crippen molar-refractivity contribution in [3.05, 3.63) is 12.7 Å². The maximum absolute atomic E-state index is 11.4. The molecule has 0 aliphatic carbocycles. The molecular formula is C13H23NO3. The van der Waals surface area contributed by atoms with Crippen molar-refractivity contribution in [1.29, 1.82) is 0 Å². The quantitative estimate of drug-likeness (QED) is 0.573. The lowest BCUT2D eigenvalue weighted by Crippen LogP contribution is -2.32. The number of ether oxygens (including phenoxy) is 1. The minimum absolute atomic E-state index is 0.0543. The third kappa shape index (κ3) is 9.60. The van der Waals surface area contributed by atoms with Gasteiger partial charge in [-0.3, -0.25) is 9.59 Å². The summed E-state index contributed by atoms with van der Waals surface area (Å²) >= 11 is 0. The second kappa shape index (κ2) is 7.09. The Morgan fingerprint density at radius 3 is 2.41 bits per heavy atom. The largest absolute Gasteiger partial charge is 0.460 e. The molecule has 0 saturated carbocycles. The average molecular weight is 241 g/mol. The van der Waals surface area contributed by atoms with Gasteiger partial charge in [0.25, 0.3) is 0 Å². The van der Waals surface area contributed by atoms with Crippen LogP contribution in [0, 0.1) is 0 Å². The van der Waals surface area contributed by atoms with Crippen LogP contribution in [0.25, 0.3) is 0 Å². The molecule has 1 unspecified atom stereocenters. The van der Waals surface area contributed by atoms with E-state index in [9.17, 15) is 9.59 Å². The van der Waals surface area contributed by atoms with Gasteiger partial charge in [-0.2, -0.15) is 0 Å². The highest BCUT2D eigenvalue weighted by atomic mass is 16.6. The molecule has 1 atom stereocenters. The molecule has 0 aromatic carbocycles. The zero-order chi connectivity index (χ0) is 13.5. The van der Waals surface area contributed by atoms with Gasteiger partial charge < -0.3 is 10.1 Å². The van der Waals surface area contributed by atoms with Crippen LogP contribution < -0.4 is 5.32 Å². The molecule has 17 heavy (non-hydrogen) atoms. The molecule has 0 heterocycles. The molecule has 0 rings (SSSR count). The van der Waals surface area contributed by atoms with Crippen LogP contribution in [0.2, 0.25) is 0 Å². The van der Waals surface area contributed by atoms with Gasteiger partial charge in [0.05, 0.1) is 6.42 Å². The van der Waals surface area contributed by atoms with Crippen molar-refractivity contribution in [2.24, 2.45) is 0 Å². The van der Waals surface area contributed by atoms with E-state index in [4.69, 9.17) is 4.74 Å². The van der Waals surface area contributed by atoms with E-state index in [0.717, 1.165) is 6.42 Å².